The molecule has 1 saturated carbocycles. The van der Waals surface area contributed by atoms with Gasteiger partial charge in [-0.1, -0.05) is 258 Å². The third-order valence-corrected chi connectivity index (χ3v) is 19.8. The topological polar surface area (TPSA) is 295 Å². The molecule has 26 heteroatoms. The Bertz CT molecular complexity index is 5030. The third kappa shape index (κ3) is 36.8. The number of rotatable bonds is 10. The molecule has 706 valence electrons. The van der Waals surface area contributed by atoms with Crippen molar-refractivity contribution >= 4 is 34.5 Å². The summed E-state index contributed by atoms with van der Waals surface area (Å²) in [6, 6.07) is 17.3. The summed E-state index contributed by atoms with van der Waals surface area (Å²) in [7, 11) is 6.96. The minimum atomic E-state index is -0.266. The van der Waals surface area contributed by atoms with Crippen molar-refractivity contribution in [2.75, 3.05) is 54.0 Å². The number of nitrogens with one attached hydrogen (secondary N) is 7. The number of benzene rings is 1. The minimum absolute atomic E-state index is 0. The Morgan fingerprint density at radius 3 is 1.32 bits per heavy atom. The summed E-state index contributed by atoms with van der Waals surface area (Å²) in [5.74, 6) is 1.51. The number of carbonyl (C=O) groups excluding carboxylic acids is 2. The Kier molecular flexibility index (Phi) is 41.4. The zero-order chi connectivity index (χ0) is 96.8. The van der Waals surface area contributed by atoms with E-state index in [-0.39, 0.29) is 90.9 Å². The summed E-state index contributed by atoms with van der Waals surface area (Å²) >= 11 is 0. The largest absolute Gasteiger partial charge is 0.496 e. The molecule has 0 radical (unpaired) electrons. The lowest BCUT2D eigenvalue weighted by atomic mass is 9.89. The van der Waals surface area contributed by atoms with E-state index in [0.29, 0.717) is 64.8 Å². The van der Waals surface area contributed by atoms with Crippen LogP contribution in [0.5, 0.6) is 5.88 Å². The van der Waals surface area contributed by atoms with Gasteiger partial charge in [-0.3, -0.25) is 59.8 Å². The number of nitrogens with zero attached hydrogens (tertiary/aromatic N) is 12. The highest BCUT2D eigenvalue weighted by Gasteiger charge is 2.37. The van der Waals surface area contributed by atoms with E-state index in [2.05, 4.69) is 269 Å². The number of H-pyrrole nitrogens is 6. The lowest BCUT2D eigenvalue weighted by Crippen LogP contribution is -2.22. The zero-order valence-corrected chi connectivity index (χ0v) is 84.5. The molecule has 0 spiro atoms. The molecule has 3 aliphatic heterocycles. The predicted molar refractivity (Wildman–Crippen MR) is 523 cm³/mol. The summed E-state index contributed by atoms with van der Waals surface area (Å²) in [5.41, 5.74) is 18.6. The highest BCUT2D eigenvalue weighted by molar-refractivity contribution is 6.04. The van der Waals surface area contributed by atoms with Crippen LogP contribution in [0, 0.1) is 47.6 Å². The maximum Gasteiger partial charge on any atom is 0.273 e. The van der Waals surface area contributed by atoms with Crippen LogP contribution in [-0.2, 0) is 49.7 Å². The fourth-order valence-corrected chi connectivity index (χ4v) is 11.4. The van der Waals surface area contributed by atoms with Crippen molar-refractivity contribution in [3.05, 3.63) is 194 Å². The Labute approximate surface area is 760 Å². The van der Waals surface area contributed by atoms with Gasteiger partial charge in [0.1, 0.15) is 34.4 Å². The van der Waals surface area contributed by atoms with Crippen molar-refractivity contribution < 1.29 is 32.2 Å². The predicted octanol–water partition coefficient (Wildman–Crippen LogP) is 24.2. The van der Waals surface area contributed by atoms with Crippen LogP contribution >= 0.6 is 0 Å². The summed E-state index contributed by atoms with van der Waals surface area (Å²) in [4.78, 5) is 37.4. The number of aryl methyl sites for hydroxylation is 3. The van der Waals surface area contributed by atoms with Gasteiger partial charge < -0.3 is 19.7 Å². The van der Waals surface area contributed by atoms with Crippen LogP contribution in [0.4, 0.5) is 13.2 Å². The molecular formula is C101H162F3N19O4. The Morgan fingerprint density at radius 2 is 0.992 bits per heavy atom. The molecule has 8 aromatic rings. The van der Waals surface area contributed by atoms with Crippen molar-refractivity contribution in [1.29, 1.82) is 0 Å². The molecule has 2 amide bonds. The molecule has 10 heterocycles. The Hall–Kier alpha value is -10.3. The molecule has 23 nitrogen and oxygen atoms in total. The Balaban J connectivity index is 0.000000479. The van der Waals surface area contributed by atoms with E-state index in [4.69, 9.17) is 9.47 Å². The molecule has 12 rings (SSSR count). The van der Waals surface area contributed by atoms with Crippen molar-refractivity contribution in [1.82, 2.24) is 81.2 Å². The fraction of sp³-hybridized carbons (Fsp3) is 0.584. The van der Waals surface area contributed by atoms with E-state index in [1.165, 1.54) is 16.2 Å². The number of allylic oxidation sites excluding steroid dienone is 4. The molecule has 0 bridgehead atoms. The van der Waals surface area contributed by atoms with E-state index in [0.717, 1.165) is 106 Å². The second kappa shape index (κ2) is 46.6. The molecule has 7 N–H and O–H groups in total. The van der Waals surface area contributed by atoms with Gasteiger partial charge in [0.2, 0.25) is 5.88 Å². The number of hydrogen-bond donors (Lipinski definition) is 7. The molecule has 0 saturated heterocycles. The lowest BCUT2D eigenvalue weighted by molar-refractivity contribution is 0.0821. The van der Waals surface area contributed by atoms with Crippen LogP contribution in [0.15, 0.2) is 129 Å². The number of aliphatic imine (C=N–C) groups is 3. The van der Waals surface area contributed by atoms with Crippen LogP contribution < -0.4 is 10.1 Å². The van der Waals surface area contributed by atoms with E-state index in [9.17, 15) is 22.8 Å². The average molecular weight is 1760 g/mol. The van der Waals surface area contributed by atoms with Gasteiger partial charge in [-0.25, -0.2) is 13.2 Å². The van der Waals surface area contributed by atoms with Gasteiger partial charge in [0.05, 0.1) is 61.3 Å². The zero-order valence-electron chi connectivity index (χ0n) is 84.5. The smallest absolute Gasteiger partial charge is 0.273 e. The van der Waals surface area contributed by atoms with Crippen LogP contribution in [0.2, 0.25) is 0 Å². The van der Waals surface area contributed by atoms with Gasteiger partial charge in [-0.2, -0.15) is 30.6 Å². The lowest BCUT2D eigenvalue weighted by Gasteiger charge is -2.17. The quantitative estimate of drug-likeness (QED) is 0.0675. The van der Waals surface area contributed by atoms with E-state index >= 15 is 0 Å². The normalized spacial score (nSPS) is 13.9. The maximum absolute atomic E-state index is 14.3. The number of aromatic nitrogens is 14. The number of ether oxygens (including phenoxy) is 2. The summed E-state index contributed by atoms with van der Waals surface area (Å²) in [5, 5.41) is 48.0. The van der Waals surface area contributed by atoms with E-state index in [1.54, 1.807) is 34.1 Å². The second-order valence-electron chi connectivity index (χ2n) is 42.7. The minimum Gasteiger partial charge on any atom is -0.496 e. The molecule has 4 aliphatic rings. The summed E-state index contributed by atoms with van der Waals surface area (Å²) in [6.07, 6.45) is 8.53. The molecular weight excluding hydrogens is 1600 g/mol. The number of carbonyl (C=O) groups is 2. The van der Waals surface area contributed by atoms with Crippen LogP contribution in [-0.4, -0.2) is 159 Å². The number of halogens is 3. The SMILES string of the molecule is C.C=C(C)C1=CC(C(C)(C)C)=NC1.C=C(C)c1cc(C(C)(C)C)[nH]n1.CC(C)(C)C1=NCC(C2CC2)=C1F.CCOC1=CC(C(C)(C)C)=NC1.CCOc1cc(C(C)(C)C)[nH]n1.CN(C)C(=O)c1cc(C(C)(C)C)[nH]n1.CNC(=O)c1cc(C(C)(C)C)[nH]n1.Cc1[nH]nc(C(C)(C)C)c1F.Cc1ccccc1-c1n[nH]c(C(C)(C)C)c1F.Cn1ccc(C(C)(C)C)n1. The van der Waals surface area contributed by atoms with Gasteiger partial charge in [0.25, 0.3) is 11.8 Å². The van der Waals surface area contributed by atoms with Gasteiger partial charge in [-0.05, 0) is 119 Å². The average Bonchev–Trinajstić information content (AvgIpc) is 1.65. The molecule has 1 fully saturated rings. The van der Waals surface area contributed by atoms with Gasteiger partial charge in [0, 0.05) is 134 Å². The number of aromatic amines is 6. The molecule has 1 aliphatic carbocycles. The fourth-order valence-electron chi connectivity index (χ4n) is 11.4. The molecule has 0 unspecified atom stereocenters. The van der Waals surface area contributed by atoms with Gasteiger partial charge in [-0.15, -0.1) is 5.10 Å². The van der Waals surface area contributed by atoms with Crippen molar-refractivity contribution in [2.45, 2.75) is 307 Å². The first-order valence-electron chi connectivity index (χ1n) is 43.7. The first-order chi connectivity index (χ1) is 57.5. The highest BCUT2D eigenvalue weighted by atomic mass is 19.1. The standard InChI is InChI=1S/C14H17FN2.C11H16FN.C11H17N.C10H17N3O.C10H16N2.C10H17NO.C9H15N3O.C9H16N2O.C8H13FN2.C8H14N2.CH4/c1-9-7-5-6-8-10(9)12-11(15)13(17-16-12)14(2,3)4;1-11(2,3)10-9(12)8(6-13-10)7-4-5-7;1-8(2)9-6-10(12-7-9)11(3,4)5;1-10(2,3)8-6-7(11-12-8)9(14)13(4)5;1-7(2)8-6-9(12-11-8)10(3,4)5;1-5-12-8-6-9(11-7-8)10(2,3)4;1-9(2,3)7-5-6(11-12-7)8(13)10-4;1-5-12-8-6-7(10-11-8)9(2,3)4;1-5-6(9)7(11-10-5)8(2,3)4;1-8(2,3)7-5-6-10(4)9-7;/h5-8H,1-4H3,(H,16,17);7H,4-6H2,1-3H3;6H,1,7H2,2-5H3;6H,1-5H3,(H,11,12);6H,1H2,2-5H3,(H,11,12);6H,5,7H2,1-4H3;5H,1-4H3,(H,10,13)(H,11,12);6H,5H2,1-4H3,(H,10,11);1-4H3,(H,10,11);5-6H,1-4H3;1H4. The maximum atomic E-state index is 14.3. The third-order valence-electron chi connectivity index (χ3n) is 19.8. The van der Waals surface area contributed by atoms with Crippen molar-refractivity contribution in [2.24, 2.45) is 44.2 Å². The summed E-state index contributed by atoms with van der Waals surface area (Å²) in [6.45, 7) is 85.4. The van der Waals surface area contributed by atoms with Crippen molar-refractivity contribution in [3.63, 3.8) is 0 Å². The van der Waals surface area contributed by atoms with Crippen molar-refractivity contribution in [3.8, 4) is 17.1 Å². The van der Waals surface area contributed by atoms with E-state index in [1.807, 2.05) is 151 Å². The molecule has 127 heavy (non-hydrogen) atoms. The van der Waals surface area contributed by atoms with E-state index < -0.39 is 0 Å². The summed E-state index contributed by atoms with van der Waals surface area (Å²) < 4.78 is 53.7. The number of amides is 2. The van der Waals surface area contributed by atoms with Crippen LogP contribution in [0.25, 0.3) is 16.8 Å². The highest BCUT2D eigenvalue weighted by Crippen LogP contribution is 2.43. The van der Waals surface area contributed by atoms with Gasteiger partial charge in [0.15, 0.2) is 11.6 Å². The number of hydrogen-bond acceptors (Lipinski definition) is 14. The molecule has 7 aromatic heterocycles. The monoisotopic (exact) mass is 1760 g/mol. The second-order valence-corrected chi connectivity index (χ2v) is 42.7. The molecule has 1 aromatic carbocycles. The van der Waals surface area contributed by atoms with Crippen LogP contribution in [0.1, 0.15) is 333 Å². The van der Waals surface area contributed by atoms with Crippen LogP contribution in [0.3, 0.4) is 0 Å². The molecule has 0 atom stereocenters. The first kappa shape index (κ1) is 113. The Morgan fingerprint density at radius 1 is 0.520 bits per heavy atom. The van der Waals surface area contributed by atoms with Gasteiger partial charge >= 0.3 is 0 Å². The first-order valence-corrected chi connectivity index (χ1v) is 43.7.